The Morgan fingerprint density at radius 1 is 0.967 bits per heavy atom. The zero-order chi connectivity index (χ0) is 21.2. The van der Waals surface area contributed by atoms with E-state index < -0.39 is 0 Å². The second-order valence-corrected chi connectivity index (χ2v) is 6.44. The van der Waals surface area contributed by atoms with E-state index >= 15 is 0 Å². The van der Waals surface area contributed by atoms with E-state index in [-0.39, 0.29) is 29.8 Å². The number of benzene rings is 2. The maximum absolute atomic E-state index is 13.3. The van der Waals surface area contributed by atoms with E-state index in [4.69, 9.17) is 14.2 Å². The highest BCUT2D eigenvalue weighted by atomic mass is 127. The Hall–Kier alpha value is -2.23. The van der Waals surface area contributed by atoms with Gasteiger partial charge in [0.1, 0.15) is 5.82 Å². The van der Waals surface area contributed by atoms with Crippen LogP contribution in [0.15, 0.2) is 35.3 Å². The first-order valence-electron chi connectivity index (χ1n) is 9.59. The molecule has 0 saturated heterocycles. The standard InChI is InChI=1S/C22H30FN3O3.HI/c1-6-24-22(25-12-11-16-7-9-18(23)13-15(16)2)26-14-17-8-10-19(27-3)21(29-5)20(17)28-4;/h7-10,13H,6,11-12,14H2,1-5H3,(H2,24,25,26);1H. The summed E-state index contributed by atoms with van der Waals surface area (Å²) in [4.78, 5) is 4.65. The predicted octanol–water partition coefficient (Wildman–Crippen LogP) is 4.08. The van der Waals surface area contributed by atoms with Crippen molar-refractivity contribution in [2.75, 3.05) is 34.4 Å². The van der Waals surface area contributed by atoms with Crippen molar-refractivity contribution < 1.29 is 18.6 Å². The molecule has 0 aromatic heterocycles. The van der Waals surface area contributed by atoms with Crippen LogP contribution in [-0.4, -0.2) is 40.4 Å². The molecule has 2 aromatic rings. The first-order valence-corrected chi connectivity index (χ1v) is 9.59. The largest absolute Gasteiger partial charge is 0.493 e. The Labute approximate surface area is 195 Å². The summed E-state index contributed by atoms with van der Waals surface area (Å²) in [5, 5.41) is 6.55. The highest BCUT2D eigenvalue weighted by Crippen LogP contribution is 2.39. The van der Waals surface area contributed by atoms with Crippen molar-refractivity contribution in [3.63, 3.8) is 0 Å². The second-order valence-electron chi connectivity index (χ2n) is 6.44. The average Bonchev–Trinajstić information content (AvgIpc) is 2.72. The van der Waals surface area contributed by atoms with Crippen LogP contribution in [0.25, 0.3) is 0 Å². The van der Waals surface area contributed by atoms with E-state index in [0.717, 1.165) is 29.7 Å². The number of hydrogen-bond acceptors (Lipinski definition) is 4. The van der Waals surface area contributed by atoms with Gasteiger partial charge in [-0.05, 0) is 55.7 Å². The molecule has 0 unspecified atom stereocenters. The average molecular weight is 531 g/mol. The minimum absolute atomic E-state index is 0. The SMILES string of the molecule is CCNC(=NCc1ccc(OC)c(OC)c1OC)NCCc1ccc(F)cc1C.I. The Morgan fingerprint density at radius 3 is 2.27 bits per heavy atom. The molecule has 8 heteroatoms. The van der Waals surface area contributed by atoms with Crippen molar-refractivity contribution in [1.29, 1.82) is 0 Å². The number of hydrogen-bond donors (Lipinski definition) is 2. The number of aryl methyl sites for hydroxylation is 1. The van der Waals surface area contributed by atoms with Crippen LogP contribution in [-0.2, 0) is 13.0 Å². The van der Waals surface area contributed by atoms with Crippen LogP contribution >= 0.6 is 24.0 Å². The van der Waals surface area contributed by atoms with Crippen molar-refractivity contribution in [2.24, 2.45) is 4.99 Å². The van der Waals surface area contributed by atoms with Gasteiger partial charge >= 0.3 is 0 Å². The number of guanidine groups is 1. The van der Waals surface area contributed by atoms with Gasteiger partial charge in [-0.25, -0.2) is 9.38 Å². The Balaban J connectivity index is 0.00000450. The molecule has 6 nitrogen and oxygen atoms in total. The smallest absolute Gasteiger partial charge is 0.203 e. The van der Waals surface area contributed by atoms with Crippen LogP contribution in [0.2, 0.25) is 0 Å². The number of halogens is 2. The lowest BCUT2D eigenvalue weighted by Gasteiger charge is -2.16. The molecule has 0 saturated carbocycles. The number of nitrogens with zero attached hydrogens (tertiary/aromatic N) is 1. The molecular weight excluding hydrogens is 500 g/mol. The van der Waals surface area contributed by atoms with Gasteiger partial charge < -0.3 is 24.8 Å². The lowest BCUT2D eigenvalue weighted by atomic mass is 10.1. The van der Waals surface area contributed by atoms with Crippen LogP contribution in [0.1, 0.15) is 23.6 Å². The molecule has 166 valence electrons. The van der Waals surface area contributed by atoms with Crippen molar-refractivity contribution in [1.82, 2.24) is 10.6 Å². The van der Waals surface area contributed by atoms with E-state index in [0.29, 0.717) is 36.3 Å². The van der Waals surface area contributed by atoms with E-state index in [2.05, 4.69) is 15.6 Å². The van der Waals surface area contributed by atoms with Gasteiger partial charge in [0.2, 0.25) is 5.75 Å². The summed E-state index contributed by atoms with van der Waals surface area (Å²) in [7, 11) is 4.76. The number of nitrogens with one attached hydrogen (secondary N) is 2. The van der Waals surface area contributed by atoms with Crippen LogP contribution < -0.4 is 24.8 Å². The predicted molar refractivity (Wildman–Crippen MR) is 129 cm³/mol. The normalized spacial score (nSPS) is 10.8. The summed E-state index contributed by atoms with van der Waals surface area (Å²) >= 11 is 0. The van der Waals surface area contributed by atoms with Crippen LogP contribution in [0.4, 0.5) is 4.39 Å². The van der Waals surface area contributed by atoms with Crippen LogP contribution in [0.3, 0.4) is 0 Å². The van der Waals surface area contributed by atoms with Crippen molar-refractivity contribution in [3.05, 3.63) is 52.8 Å². The molecule has 0 atom stereocenters. The van der Waals surface area contributed by atoms with Crippen LogP contribution in [0.5, 0.6) is 17.2 Å². The summed E-state index contributed by atoms with van der Waals surface area (Å²) in [6.07, 6.45) is 0.774. The molecule has 0 aliphatic carbocycles. The molecule has 0 radical (unpaired) electrons. The lowest BCUT2D eigenvalue weighted by molar-refractivity contribution is 0.322. The molecule has 0 fully saturated rings. The molecule has 0 bridgehead atoms. The number of aliphatic imine (C=N–C) groups is 1. The Kier molecular flexibility index (Phi) is 11.3. The third kappa shape index (κ3) is 6.93. The molecular formula is C22H31FIN3O3. The van der Waals surface area contributed by atoms with Gasteiger partial charge in [0, 0.05) is 18.7 Å². The lowest BCUT2D eigenvalue weighted by Crippen LogP contribution is -2.38. The van der Waals surface area contributed by atoms with Gasteiger partial charge in [-0.2, -0.15) is 0 Å². The third-order valence-corrected chi connectivity index (χ3v) is 4.53. The minimum Gasteiger partial charge on any atom is -0.493 e. The third-order valence-electron chi connectivity index (χ3n) is 4.53. The molecule has 2 aromatic carbocycles. The van der Waals surface area contributed by atoms with Crippen LogP contribution in [0, 0.1) is 12.7 Å². The zero-order valence-electron chi connectivity index (χ0n) is 18.2. The van der Waals surface area contributed by atoms with E-state index in [9.17, 15) is 4.39 Å². The monoisotopic (exact) mass is 531 g/mol. The molecule has 0 amide bonds. The highest BCUT2D eigenvalue weighted by molar-refractivity contribution is 14.0. The summed E-state index contributed by atoms with van der Waals surface area (Å²) in [5.74, 6) is 2.25. The Morgan fingerprint density at radius 2 is 1.67 bits per heavy atom. The van der Waals surface area contributed by atoms with Gasteiger partial charge in [-0.15, -0.1) is 24.0 Å². The van der Waals surface area contributed by atoms with E-state index in [1.165, 1.54) is 6.07 Å². The minimum atomic E-state index is -0.210. The summed E-state index contributed by atoms with van der Waals surface area (Å²) in [5.41, 5.74) is 2.94. The van der Waals surface area contributed by atoms with Crippen molar-refractivity contribution in [3.8, 4) is 17.2 Å². The first kappa shape index (κ1) is 25.8. The maximum atomic E-state index is 13.3. The summed E-state index contributed by atoms with van der Waals surface area (Å²) in [6, 6.07) is 8.62. The van der Waals surface area contributed by atoms with E-state index in [1.54, 1.807) is 27.4 Å². The van der Waals surface area contributed by atoms with Gasteiger partial charge in [-0.1, -0.05) is 6.07 Å². The second kappa shape index (κ2) is 13.1. The van der Waals surface area contributed by atoms with Gasteiger partial charge in [0.25, 0.3) is 0 Å². The van der Waals surface area contributed by atoms with E-state index in [1.807, 2.05) is 32.0 Å². The zero-order valence-corrected chi connectivity index (χ0v) is 20.5. The van der Waals surface area contributed by atoms with Crippen molar-refractivity contribution >= 4 is 29.9 Å². The molecule has 2 N–H and O–H groups in total. The Bertz CT molecular complexity index is 847. The first-order chi connectivity index (χ1) is 14.0. The van der Waals surface area contributed by atoms with Crippen molar-refractivity contribution in [2.45, 2.75) is 26.8 Å². The maximum Gasteiger partial charge on any atom is 0.203 e. The quantitative estimate of drug-likeness (QED) is 0.290. The van der Waals surface area contributed by atoms with Gasteiger partial charge in [-0.3, -0.25) is 0 Å². The van der Waals surface area contributed by atoms with Gasteiger partial charge in [0.05, 0.1) is 27.9 Å². The fraction of sp³-hybridized carbons (Fsp3) is 0.409. The highest BCUT2D eigenvalue weighted by Gasteiger charge is 2.15. The molecule has 0 heterocycles. The fourth-order valence-electron chi connectivity index (χ4n) is 3.05. The topological polar surface area (TPSA) is 64.1 Å². The molecule has 0 aliphatic heterocycles. The summed E-state index contributed by atoms with van der Waals surface area (Å²) in [6.45, 7) is 5.76. The molecule has 0 spiro atoms. The number of rotatable bonds is 9. The number of methoxy groups -OCH3 is 3. The number of ether oxygens (including phenoxy) is 3. The molecule has 2 rings (SSSR count). The van der Waals surface area contributed by atoms with Gasteiger partial charge in [0.15, 0.2) is 17.5 Å². The molecule has 30 heavy (non-hydrogen) atoms. The molecule has 0 aliphatic rings. The fourth-order valence-corrected chi connectivity index (χ4v) is 3.05. The summed E-state index contributed by atoms with van der Waals surface area (Å²) < 4.78 is 29.5.